The first kappa shape index (κ1) is 12.5. The van der Waals surface area contributed by atoms with Gasteiger partial charge in [-0.15, -0.1) is 0 Å². The first-order chi connectivity index (χ1) is 7.54. The van der Waals surface area contributed by atoms with Crippen molar-refractivity contribution in [3.63, 3.8) is 0 Å². The fraction of sp³-hybridized carbons (Fsp3) is 0.500. The highest BCUT2D eigenvalue weighted by Crippen LogP contribution is 2.06. The van der Waals surface area contributed by atoms with Crippen LogP contribution in [0.3, 0.4) is 0 Å². The Morgan fingerprint density at radius 3 is 2.88 bits per heavy atom. The number of nitrogens with two attached hydrogens (primary N) is 1. The number of nitrogens with zero attached hydrogens (tertiary/aromatic N) is 4. The van der Waals surface area contributed by atoms with Gasteiger partial charge in [-0.3, -0.25) is 5.01 Å². The average Bonchev–Trinajstić information content (AvgIpc) is 2.26. The largest absolute Gasteiger partial charge is 0.295 e. The standard InChI is InChI=1S/C10H14BN5/c1-7(2)3-4-16(13)10-8(11)6-14-9(5-12)15-10/h6-7H,3-4,13H2,1-2H3. The van der Waals surface area contributed by atoms with E-state index in [0.29, 0.717) is 23.7 Å². The van der Waals surface area contributed by atoms with Gasteiger partial charge >= 0.3 is 0 Å². The van der Waals surface area contributed by atoms with Crippen molar-refractivity contribution in [2.45, 2.75) is 20.3 Å². The average molecular weight is 215 g/mol. The first-order valence-electron chi connectivity index (χ1n) is 5.09. The lowest BCUT2D eigenvalue weighted by Crippen LogP contribution is -2.37. The van der Waals surface area contributed by atoms with Crippen LogP contribution in [0, 0.1) is 17.2 Å². The summed E-state index contributed by atoms with van der Waals surface area (Å²) < 4.78 is 0. The number of aromatic nitrogens is 2. The summed E-state index contributed by atoms with van der Waals surface area (Å²) in [4.78, 5) is 7.73. The molecule has 1 aromatic rings. The number of hydrazine groups is 1. The molecule has 0 saturated heterocycles. The van der Waals surface area contributed by atoms with Crippen molar-refractivity contribution in [2.75, 3.05) is 11.6 Å². The number of nitriles is 1. The topological polar surface area (TPSA) is 78.8 Å². The summed E-state index contributed by atoms with van der Waals surface area (Å²) in [5.74, 6) is 6.85. The van der Waals surface area contributed by atoms with Crippen LogP contribution in [0.25, 0.3) is 0 Å². The molecule has 0 aliphatic carbocycles. The zero-order valence-corrected chi connectivity index (χ0v) is 9.51. The number of anilines is 1. The molecule has 0 saturated carbocycles. The maximum atomic E-state index is 8.68. The minimum absolute atomic E-state index is 0.0733. The molecule has 16 heavy (non-hydrogen) atoms. The molecule has 1 heterocycles. The molecular formula is C10H14BN5. The van der Waals surface area contributed by atoms with E-state index in [9.17, 15) is 0 Å². The molecule has 0 atom stereocenters. The second kappa shape index (κ2) is 5.47. The van der Waals surface area contributed by atoms with Crippen molar-refractivity contribution in [1.29, 1.82) is 5.26 Å². The lowest BCUT2D eigenvalue weighted by atomic mass is 9.98. The van der Waals surface area contributed by atoms with E-state index in [4.69, 9.17) is 19.0 Å². The Bertz CT molecular complexity index is 399. The molecule has 0 aliphatic rings. The van der Waals surface area contributed by atoms with Crippen LogP contribution in [0.15, 0.2) is 6.20 Å². The van der Waals surface area contributed by atoms with Gasteiger partial charge in [-0.2, -0.15) is 5.26 Å². The van der Waals surface area contributed by atoms with Crippen molar-refractivity contribution in [1.82, 2.24) is 9.97 Å². The van der Waals surface area contributed by atoms with E-state index < -0.39 is 0 Å². The molecule has 82 valence electrons. The van der Waals surface area contributed by atoms with E-state index in [1.54, 1.807) is 0 Å². The summed E-state index contributed by atoms with van der Waals surface area (Å²) in [5.41, 5.74) is 0.380. The predicted octanol–water partition coefficient (Wildman–Crippen LogP) is -0.132. The Kier molecular flexibility index (Phi) is 4.26. The van der Waals surface area contributed by atoms with E-state index in [0.717, 1.165) is 6.42 Å². The molecular weight excluding hydrogens is 201 g/mol. The molecule has 0 amide bonds. The SMILES string of the molecule is [B]c1cnc(C#N)nc1N(N)CCC(C)C. The number of hydrogen-bond donors (Lipinski definition) is 1. The van der Waals surface area contributed by atoms with Crippen LogP contribution in [0.2, 0.25) is 0 Å². The first-order valence-corrected chi connectivity index (χ1v) is 5.09. The van der Waals surface area contributed by atoms with Crippen LogP contribution in [-0.4, -0.2) is 24.4 Å². The molecule has 2 radical (unpaired) electrons. The smallest absolute Gasteiger partial charge is 0.234 e. The van der Waals surface area contributed by atoms with Crippen LogP contribution in [0.4, 0.5) is 5.82 Å². The van der Waals surface area contributed by atoms with Gasteiger partial charge < -0.3 is 0 Å². The Labute approximate surface area is 96.7 Å². The van der Waals surface area contributed by atoms with Gasteiger partial charge in [0.2, 0.25) is 5.82 Å². The van der Waals surface area contributed by atoms with Gasteiger partial charge in [0.25, 0.3) is 0 Å². The second-order valence-corrected chi connectivity index (χ2v) is 3.96. The fourth-order valence-corrected chi connectivity index (χ4v) is 1.17. The van der Waals surface area contributed by atoms with Crippen molar-refractivity contribution < 1.29 is 0 Å². The zero-order chi connectivity index (χ0) is 12.1. The van der Waals surface area contributed by atoms with Crippen LogP contribution in [0.5, 0.6) is 0 Å². The molecule has 1 aromatic heterocycles. The highest BCUT2D eigenvalue weighted by molar-refractivity contribution is 6.35. The minimum Gasteiger partial charge on any atom is -0.295 e. The van der Waals surface area contributed by atoms with Crippen LogP contribution < -0.4 is 16.3 Å². The third-order valence-corrected chi connectivity index (χ3v) is 2.12. The lowest BCUT2D eigenvalue weighted by molar-refractivity contribution is 0.575. The van der Waals surface area contributed by atoms with E-state index in [1.807, 2.05) is 6.07 Å². The Morgan fingerprint density at radius 1 is 1.62 bits per heavy atom. The maximum Gasteiger partial charge on any atom is 0.234 e. The van der Waals surface area contributed by atoms with Crippen molar-refractivity contribution in [3.05, 3.63) is 12.0 Å². The molecule has 1 rings (SSSR count). The molecule has 0 fully saturated rings. The van der Waals surface area contributed by atoms with Crippen molar-refractivity contribution >= 4 is 19.1 Å². The van der Waals surface area contributed by atoms with Gasteiger partial charge in [-0.25, -0.2) is 15.8 Å². The summed E-state index contributed by atoms with van der Waals surface area (Å²) in [5, 5.41) is 10.1. The van der Waals surface area contributed by atoms with Gasteiger partial charge in [0, 0.05) is 12.7 Å². The molecule has 0 spiro atoms. The number of hydrogen-bond acceptors (Lipinski definition) is 5. The van der Waals surface area contributed by atoms with Gasteiger partial charge in [-0.1, -0.05) is 13.8 Å². The van der Waals surface area contributed by atoms with E-state index in [1.165, 1.54) is 11.2 Å². The Morgan fingerprint density at radius 2 is 2.31 bits per heavy atom. The van der Waals surface area contributed by atoms with Crippen LogP contribution >= 0.6 is 0 Å². The monoisotopic (exact) mass is 215 g/mol. The van der Waals surface area contributed by atoms with Crippen LogP contribution in [-0.2, 0) is 0 Å². The molecule has 5 nitrogen and oxygen atoms in total. The summed E-state index contributed by atoms with van der Waals surface area (Å²) in [6, 6.07) is 1.85. The zero-order valence-electron chi connectivity index (χ0n) is 9.51. The van der Waals surface area contributed by atoms with E-state index in [-0.39, 0.29) is 5.82 Å². The highest BCUT2D eigenvalue weighted by atomic mass is 15.4. The summed E-state index contributed by atoms with van der Waals surface area (Å²) in [7, 11) is 5.70. The summed E-state index contributed by atoms with van der Waals surface area (Å²) >= 11 is 0. The molecule has 0 unspecified atom stereocenters. The maximum absolute atomic E-state index is 8.68. The molecule has 0 aliphatic heterocycles. The molecule has 0 bridgehead atoms. The third-order valence-electron chi connectivity index (χ3n) is 2.12. The molecule has 0 aromatic carbocycles. The lowest BCUT2D eigenvalue weighted by Gasteiger charge is -2.20. The molecule has 2 N–H and O–H groups in total. The highest BCUT2D eigenvalue weighted by Gasteiger charge is 2.09. The van der Waals surface area contributed by atoms with Gasteiger partial charge in [0.05, 0.1) is 0 Å². The predicted molar refractivity (Wildman–Crippen MR) is 63.1 cm³/mol. The van der Waals surface area contributed by atoms with Gasteiger partial charge in [0.1, 0.15) is 19.7 Å². The minimum atomic E-state index is 0.0733. The van der Waals surface area contributed by atoms with Crippen LogP contribution in [0.1, 0.15) is 26.1 Å². The van der Waals surface area contributed by atoms with Crippen molar-refractivity contribution in [2.24, 2.45) is 11.8 Å². The van der Waals surface area contributed by atoms with E-state index in [2.05, 4.69) is 23.8 Å². The Balaban J connectivity index is 2.82. The van der Waals surface area contributed by atoms with Gasteiger partial charge in [0.15, 0.2) is 0 Å². The third kappa shape index (κ3) is 3.21. The summed E-state index contributed by atoms with van der Waals surface area (Å²) in [6.07, 6.45) is 2.33. The molecule has 6 heteroatoms. The number of rotatable bonds is 4. The Hall–Kier alpha value is -1.61. The quantitative estimate of drug-likeness (QED) is 0.430. The fourth-order valence-electron chi connectivity index (χ4n) is 1.17. The summed E-state index contributed by atoms with van der Waals surface area (Å²) in [6.45, 7) is 4.86. The van der Waals surface area contributed by atoms with E-state index >= 15 is 0 Å². The van der Waals surface area contributed by atoms with Crippen molar-refractivity contribution in [3.8, 4) is 6.07 Å². The van der Waals surface area contributed by atoms with Gasteiger partial charge in [-0.05, 0) is 17.8 Å². The normalized spacial score (nSPS) is 10.2. The second-order valence-electron chi connectivity index (χ2n) is 3.96.